The van der Waals surface area contributed by atoms with Gasteiger partial charge in [-0.3, -0.25) is 4.79 Å². The van der Waals surface area contributed by atoms with Gasteiger partial charge in [-0.2, -0.15) is 9.61 Å². The third-order valence-corrected chi connectivity index (χ3v) is 7.86. The molecule has 7 heteroatoms. The highest BCUT2D eigenvalue weighted by Gasteiger charge is 2.47. The van der Waals surface area contributed by atoms with Gasteiger partial charge in [0.05, 0.1) is 17.8 Å². The van der Waals surface area contributed by atoms with Gasteiger partial charge in [-0.25, -0.2) is 4.98 Å². The molecule has 0 N–H and O–H groups in total. The van der Waals surface area contributed by atoms with E-state index in [1.54, 1.807) is 0 Å². The predicted octanol–water partition coefficient (Wildman–Crippen LogP) is 1.60. The van der Waals surface area contributed by atoms with Crippen molar-refractivity contribution in [1.29, 1.82) is 0 Å². The summed E-state index contributed by atoms with van der Waals surface area (Å²) in [6, 6.07) is 1.99. The zero-order valence-electron chi connectivity index (χ0n) is 17.3. The average molecular weight is 395 g/mol. The third kappa shape index (κ3) is 2.77. The summed E-state index contributed by atoms with van der Waals surface area (Å²) in [5.41, 5.74) is 3.93. The first-order valence-electron chi connectivity index (χ1n) is 11.2. The average Bonchev–Trinajstić information content (AvgIpc) is 3.26. The molecule has 2 saturated heterocycles. The van der Waals surface area contributed by atoms with Gasteiger partial charge in [0, 0.05) is 57.3 Å². The topological polar surface area (TPSA) is 57.0 Å². The van der Waals surface area contributed by atoms with E-state index in [2.05, 4.69) is 26.8 Å². The van der Waals surface area contributed by atoms with Gasteiger partial charge in [-0.15, -0.1) is 0 Å². The Bertz CT molecular complexity index is 958. The molecule has 2 aromatic rings. The van der Waals surface area contributed by atoms with Crippen molar-refractivity contribution in [1.82, 2.24) is 24.4 Å². The molecule has 0 aromatic carbocycles. The molecular weight excluding hydrogens is 364 g/mol. The Hall–Kier alpha value is -2.15. The van der Waals surface area contributed by atoms with Gasteiger partial charge < -0.3 is 14.7 Å². The lowest BCUT2D eigenvalue weighted by molar-refractivity contribution is -0.136. The van der Waals surface area contributed by atoms with Crippen molar-refractivity contribution in [3.63, 3.8) is 0 Å². The van der Waals surface area contributed by atoms with Crippen LogP contribution in [0.1, 0.15) is 36.9 Å². The number of amides is 1. The van der Waals surface area contributed by atoms with Gasteiger partial charge in [0.15, 0.2) is 5.65 Å². The molecule has 154 valence electrons. The maximum absolute atomic E-state index is 13.1. The third-order valence-electron chi connectivity index (χ3n) is 7.86. The van der Waals surface area contributed by atoms with Gasteiger partial charge in [0.2, 0.25) is 5.91 Å². The molecule has 7 nitrogen and oxygen atoms in total. The van der Waals surface area contributed by atoms with E-state index in [4.69, 9.17) is 4.98 Å². The van der Waals surface area contributed by atoms with Crippen molar-refractivity contribution in [3.8, 4) is 0 Å². The molecule has 1 saturated carbocycles. The normalized spacial score (nSPS) is 24.4. The SMILES string of the molecule is CN1CCc2nc3ccnn3c(N3CC(C(=O)N4CCC5(CCC5)C4)C3)c2CC1. The molecule has 3 aliphatic heterocycles. The van der Waals surface area contributed by atoms with Crippen LogP contribution in [0.5, 0.6) is 0 Å². The van der Waals surface area contributed by atoms with Crippen molar-refractivity contribution >= 4 is 17.4 Å². The van der Waals surface area contributed by atoms with Crippen LogP contribution in [0.2, 0.25) is 0 Å². The molecule has 29 heavy (non-hydrogen) atoms. The second kappa shape index (κ2) is 6.42. The van der Waals surface area contributed by atoms with Gasteiger partial charge in [-0.1, -0.05) is 6.42 Å². The minimum Gasteiger partial charge on any atom is -0.354 e. The molecule has 0 unspecified atom stereocenters. The van der Waals surface area contributed by atoms with E-state index in [0.29, 0.717) is 11.3 Å². The molecule has 1 amide bonds. The number of hydrogen-bond donors (Lipinski definition) is 0. The molecule has 6 rings (SSSR count). The molecule has 0 atom stereocenters. The maximum atomic E-state index is 13.1. The Morgan fingerprint density at radius 1 is 1.14 bits per heavy atom. The number of rotatable bonds is 2. The minimum absolute atomic E-state index is 0.133. The first-order valence-corrected chi connectivity index (χ1v) is 11.2. The summed E-state index contributed by atoms with van der Waals surface area (Å²) >= 11 is 0. The van der Waals surface area contributed by atoms with Crippen molar-refractivity contribution in [2.45, 2.75) is 38.5 Å². The van der Waals surface area contributed by atoms with Crippen LogP contribution >= 0.6 is 0 Å². The fourth-order valence-corrected chi connectivity index (χ4v) is 5.78. The first kappa shape index (κ1) is 17.7. The summed E-state index contributed by atoms with van der Waals surface area (Å²) in [7, 11) is 2.18. The van der Waals surface area contributed by atoms with Crippen molar-refractivity contribution in [3.05, 3.63) is 23.5 Å². The van der Waals surface area contributed by atoms with Crippen LogP contribution in [0.25, 0.3) is 5.65 Å². The molecule has 1 spiro atoms. The van der Waals surface area contributed by atoms with Gasteiger partial charge in [-0.05, 0) is 38.1 Å². The summed E-state index contributed by atoms with van der Waals surface area (Å²) in [4.78, 5) is 24.9. The number of likely N-dealkylation sites (N-methyl/N-ethyl adjacent to an activating group) is 1. The Morgan fingerprint density at radius 3 is 2.72 bits per heavy atom. The summed E-state index contributed by atoms with van der Waals surface area (Å²) in [6.07, 6.45) is 9.02. The molecule has 2 aromatic heterocycles. The second-order valence-electron chi connectivity index (χ2n) is 9.73. The van der Waals surface area contributed by atoms with Gasteiger partial charge >= 0.3 is 0 Å². The van der Waals surface area contributed by atoms with Crippen molar-refractivity contribution < 1.29 is 4.79 Å². The van der Waals surface area contributed by atoms with Crippen molar-refractivity contribution in [2.75, 3.05) is 51.2 Å². The van der Waals surface area contributed by atoms with Crippen LogP contribution in [-0.4, -0.2) is 76.6 Å². The number of hydrogen-bond acceptors (Lipinski definition) is 5. The first-order chi connectivity index (χ1) is 14.1. The summed E-state index contributed by atoms with van der Waals surface area (Å²) < 4.78 is 1.99. The van der Waals surface area contributed by atoms with Crippen LogP contribution in [0.4, 0.5) is 5.82 Å². The lowest BCUT2D eigenvalue weighted by atomic mass is 9.68. The van der Waals surface area contributed by atoms with E-state index in [1.165, 1.54) is 42.8 Å². The van der Waals surface area contributed by atoms with Gasteiger partial charge in [0.1, 0.15) is 5.82 Å². The highest BCUT2D eigenvalue weighted by molar-refractivity contribution is 5.82. The predicted molar refractivity (Wildman–Crippen MR) is 111 cm³/mol. The summed E-state index contributed by atoms with van der Waals surface area (Å²) in [6.45, 7) is 5.67. The van der Waals surface area contributed by atoms with Crippen LogP contribution < -0.4 is 4.90 Å². The Morgan fingerprint density at radius 2 is 1.97 bits per heavy atom. The number of likely N-dealkylation sites (tertiary alicyclic amines) is 1. The van der Waals surface area contributed by atoms with Crippen LogP contribution in [-0.2, 0) is 17.6 Å². The summed E-state index contributed by atoms with van der Waals surface area (Å²) in [5, 5.41) is 4.57. The van der Waals surface area contributed by atoms with E-state index >= 15 is 0 Å². The number of nitrogens with zero attached hydrogens (tertiary/aromatic N) is 6. The zero-order valence-corrected chi connectivity index (χ0v) is 17.3. The minimum atomic E-state index is 0.133. The van der Waals surface area contributed by atoms with Crippen molar-refractivity contribution in [2.24, 2.45) is 11.3 Å². The maximum Gasteiger partial charge on any atom is 0.229 e. The molecule has 4 aliphatic rings. The van der Waals surface area contributed by atoms with Crippen LogP contribution in [0.3, 0.4) is 0 Å². The number of carbonyl (C=O) groups is 1. The van der Waals surface area contributed by atoms with Crippen LogP contribution in [0.15, 0.2) is 12.3 Å². The molecule has 1 aliphatic carbocycles. The Labute approximate surface area is 171 Å². The number of anilines is 1. The molecule has 3 fully saturated rings. The zero-order chi connectivity index (χ0) is 19.6. The number of aromatic nitrogens is 3. The van der Waals surface area contributed by atoms with E-state index in [0.717, 1.165) is 57.8 Å². The number of fused-ring (bicyclic) bond motifs is 2. The van der Waals surface area contributed by atoms with E-state index < -0.39 is 0 Å². The lowest BCUT2D eigenvalue weighted by Gasteiger charge is -2.43. The standard InChI is InChI=1S/C22H30N6O/c1-25-10-4-17-18(5-11-25)24-19-3-9-23-28(19)20(17)27-13-16(14-27)21(29)26-12-8-22(15-26)6-2-7-22/h3,9,16H,2,4-8,10-15H2,1H3. The molecular formula is C22H30N6O. The molecule has 0 bridgehead atoms. The smallest absolute Gasteiger partial charge is 0.229 e. The number of carbonyl (C=O) groups excluding carboxylic acids is 1. The quantitative estimate of drug-likeness (QED) is 0.774. The highest BCUT2D eigenvalue weighted by atomic mass is 16.2. The van der Waals surface area contributed by atoms with E-state index in [1.807, 2.05) is 16.8 Å². The fourth-order valence-electron chi connectivity index (χ4n) is 5.78. The monoisotopic (exact) mass is 394 g/mol. The van der Waals surface area contributed by atoms with Gasteiger partial charge in [0.25, 0.3) is 0 Å². The van der Waals surface area contributed by atoms with E-state index in [9.17, 15) is 4.79 Å². The lowest BCUT2D eigenvalue weighted by Crippen LogP contribution is -2.55. The summed E-state index contributed by atoms with van der Waals surface area (Å²) in [5.74, 6) is 1.68. The largest absolute Gasteiger partial charge is 0.354 e. The Kier molecular flexibility index (Phi) is 3.92. The Balaban J connectivity index is 1.23. The molecule has 5 heterocycles. The van der Waals surface area contributed by atoms with Crippen LogP contribution in [0, 0.1) is 11.3 Å². The van der Waals surface area contributed by atoms with E-state index in [-0.39, 0.29) is 5.92 Å². The second-order valence-corrected chi connectivity index (χ2v) is 9.73. The fraction of sp³-hybridized carbons (Fsp3) is 0.682. The molecule has 0 radical (unpaired) electrons. The highest BCUT2D eigenvalue weighted by Crippen LogP contribution is 2.48.